The lowest BCUT2D eigenvalue weighted by Crippen LogP contribution is -2.20. The zero-order chi connectivity index (χ0) is 13.4. The zero-order valence-electron chi connectivity index (χ0n) is 10.7. The predicted octanol–water partition coefficient (Wildman–Crippen LogP) is 3.31. The predicted molar refractivity (Wildman–Crippen MR) is 75.5 cm³/mol. The molecule has 98 valence electrons. The molecule has 19 heavy (non-hydrogen) atoms. The smallest absolute Gasteiger partial charge is 0.178 e. The maximum Gasteiger partial charge on any atom is 0.178 e. The molecule has 0 bridgehead atoms. The Kier molecular flexibility index (Phi) is 3.13. The molecule has 1 fully saturated rings. The molecule has 2 unspecified atom stereocenters. The zero-order valence-corrected chi connectivity index (χ0v) is 11.5. The minimum atomic E-state index is 0.178. The summed E-state index contributed by atoms with van der Waals surface area (Å²) in [4.78, 5) is 3.15. The molecule has 1 aliphatic heterocycles. The number of hydrogen-bond donors (Lipinski definition) is 1. The van der Waals surface area contributed by atoms with Gasteiger partial charge in [-0.1, -0.05) is 6.07 Å². The largest absolute Gasteiger partial charge is 0.376 e. The molecule has 1 saturated heterocycles. The molecular formula is C14H15N3OS. The quantitative estimate of drug-likeness (QED) is 0.854. The number of nitrogens with one attached hydrogen (secondary N) is 1. The van der Waals surface area contributed by atoms with Gasteiger partial charge < -0.3 is 14.3 Å². The number of hydrogen-bond acceptors (Lipinski definition) is 3. The summed E-state index contributed by atoms with van der Waals surface area (Å²) in [6, 6.07) is 8.06. The van der Waals surface area contributed by atoms with E-state index in [1.54, 1.807) is 6.07 Å². The Hall–Kier alpha value is -1.64. The average Bonchev–Trinajstić information content (AvgIpc) is 3.04. The lowest BCUT2D eigenvalue weighted by molar-refractivity contribution is 0.0741. The molecule has 3 rings (SSSR count). The molecule has 5 heteroatoms. The van der Waals surface area contributed by atoms with Crippen LogP contribution in [0.3, 0.4) is 0 Å². The number of para-hydroxylation sites is 1. The Morgan fingerprint density at radius 2 is 2.42 bits per heavy atom. The first-order valence-corrected chi connectivity index (χ1v) is 6.88. The van der Waals surface area contributed by atoms with Crippen LogP contribution in [0.25, 0.3) is 11.0 Å². The minimum absolute atomic E-state index is 0.178. The van der Waals surface area contributed by atoms with Crippen molar-refractivity contribution < 1.29 is 4.74 Å². The number of H-pyrrole nitrogens is 1. The summed E-state index contributed by atoms with van der Waals surface area (Å²) in [6.07, 6.45) is 2.37. The highest BCUT2D eigenvalue weighted by atomic mass is 32.1. The maximum atomic E-state index is 9.15. The van der Waals surface area contributed by atoms with E-state index in [0.29, 0.717) is 10.3 Å². The van der Waals surface area contributed by atoms with Crippen molar-refractivity contribution in [2.75, 3.05) is 6.61 Å². The van der Waals surface area contributed by atoms with Gasteiger partial charge in [0.1, 0.15) is 6.07 Å². The van der Waals surface area contributed by atoms with Crippen LogP contribution in [0.2, 0.25) is 0 Å². The fraction of sp³-hybridized carbons (Fsp3) is 0.429. The molecule has 2 atom stereocenters. The van der Waals surface area contributed by atoms with E-state index >= 15 is 0 Å². The first-order valence-electron chi connectivity index (χ1n) is 6.47. The van der Waals surface area contributed by atoms with Crippen molar-refractivity contribution in [2.24, 2.45) is 0 Å². The van der Waals surface area contributed by atoms with E-state index in [0.717, 1.165) is 30.5 Å². The molecule has 1 aromatic carbocycles. The number of nitrogens with zero attached hydrogens (tertiary/aromatic N) is 2. The topological polar surface area (TPSA) is 53.7 Å². The summed E-state index contributed by atoms with van der Waals surface area (Å²) >= 11 is 5.41. The minimum Gasteiger partial charge on any atom is -0.376 e. The summed E-state index contributed by atoms with van der Waals surface area (Å²) in [6.45, 7) is 2.95. The highest BCUT2D eigenvalue weighted by Crippen LogP contribution is 2.28. The Bertz CT molecular complexity index is 704. The molecule has 4 nitrogen and oxygen atoms in total. The summed E-state index contributed by atoms with van der Waals surface area (Å²) in [5.41, 5.74) is 2.42. The van der Waals surface area contributed by atoms with Gasteiger partial charge in [-0.2, -0.15) is 5.26 Å². The summed E-state index contributed by atoms with van der Waals surface area (Å²) in [7, 11) is 0. The molecule has 0 saturated carbocycles. The Morgan fingerprint density at radius 1 is 1.58 bits per heavy atom. The van der Waals surface area contributed by atoms with Crippen LogP contribution >= 0.6 is 12.2 Å². The van der Waals surface area contributed by atoms with Crippen LogP contribution < -0.4 is 0 Å². The number of nitriles is 1. The van der Waals surface area contributed by atoms with Gasteiger partial charge in [0, 0.05) is 6.61 Å². The number of ether oxygens (including phenoxy) is 1. The van der Waals surface area contributed by atoms with E-state index in [9.17, 15) is 0 Å². The van der Waals surface area contributed by atoms with E-state index in [1.807, 2.05) is 12.1 Å². The Labute approximate surface area is 116 Å². The van der Waals surface area contributed by atoms with Crippen LogP contribution in [0.15, 0.2) is 18.2 Å². The van der Waals surface area contributed by atoms with Crippen molar-refractivity contribution in [1.29, 1.82) is 5.26 Å². The van der Waals surface area contributed by atoms with Gasteiger partial charge in [0.05, 0.1) is 28.7 Å². The second-order valence-electron chi connectivity index (χ2n) is 4.90. The van der Waals surface area contributed by atoms with E-state index in [4.69, 9.17) is 22.2 Å². The van der Waals surface area contributed by atoms with Crippen molar-refractivity contribution >= 4 is 23.3 Å². The van der Waals surface area contributed by atoms with Crippen molar-refractivity contribution in [2.45, 2.75) is 31.9 Å². The third-order valence-electron chi connectivity index (χ3n) is 3.78. The lowest BCUT2D eigenvalue weighted by Gasteiger charge is -2.20. The van der Waals surface area contributed by atoms with Crippen molar-refractivity contribution in [3.05, 3.63) is 28.5 Å². The van der Waals surface area contributed by atoms with E-state index in [-0.39, 0.29) is 12.1 Å². The molecule has 0 radical (unpaired) electrons. The molecule has 0 aliphatic carbocycles. The van der Waals surface area contributed by atoms with Crippen molar-refractivity contribution in [3.63, 3.8) is 0 Å². The third kappa shape index (κ3) is 1.97. The monoisotopic (exact) mass is 273 g/mol. The number of rotatable bonds is 2. The molecule has 1 N–H and O–H groups in total. The standard InChI is InChI=1S/C14H15N3OS/c1-9(12-6-3-7-18-12)17-11-5-2-4-10(8-15)13(11)16-14(17)19/h2,4-5,9,12H,3,6-7H2,1H3,(H,16,19). The molecule has 2 heterocycles. The molecule has 1 aromatic heterocycles. The number of benzene rings is 1. The normalized spacial score (nSPS) is 20.5. The van der Waals surface area contributed by atoms with Crippen LogP contribution in [-0.2, 0) is 4.74 Å². The molecular weight excluding hydrogens is 258 g/mol. The second-order valence-corrected chi connectivity index (χ2v) is 5.29. The maximum absolute atomic E-state index is 9.15. The molecule has 0 amide bonds. The third-order valence-corrected chi connectivity index (χ3v) is 4.08. The number of imidazole rings is 1. The summed E-state index contributed by atoms with van der Waals surface area (Å²) in [5, 5.41) is 9.15. The van der Waals surface area contributed by atoms with Gasteiger partial charge in [0.25, 0.3) is 0 Å². The van der Waals surface area contributed by atoms with Gasteiger partial charge in [-0.3, -0.25) is 0 Å². The average molecular weight is 273 g/mol. The van der Waals surface area contributed by atoms with Gasteiger partial charge >= 0.3 is 0 Å². The van der Waals surface area contributed by atoms with Crippen LogP contribution in [0, 0.1) is 16.1 Å². The van der Waals surface area contributed by atoms with Crippen molar-refractivity contribution in [1.82, 2.24) is 9.55 Å². The number of aromatic amines is 1. The van der Waals surface area contributed by atoms with E-state index in [2.05, 4.69) is 22.5 Å². The first-order chi connectivity index (χ1) is 9.22. The van der Waals surface area contributed by atoms with E-state index < -0.39 is 0 Å². The van der Waals surface area contributed by atoms with Crippen LogP contribution in [0.1, 0.15) is 31.4 Å². The highest BCUT2D eigenvalue weighted by Gasteiger charge is 2.25. The SMILES string of the molecule is CC(C1CCCO1)n1c(=S)[nH]c2c(C#N)cccc21. The molecule has 2 aromatic rings. The Morgan fingerprint density at radius 3 is 3.11 bits per heavy atom. The molecule has 1 aliphatic rings. The van der Waals surface area contributed by atoms with Crippen LogP contribution in [0.4, 0.5) is 0 Å². The second kappa shape index (κ2) is 4.80. The first kappa shape index (κ1) is 12.4. The van der Waals surface area contributed by atoms with Crippen molar-refractivity contribution in [3.8, 4) is 6.07 Å². The Balaban J connectivity index is 2.16. The van der Waals surface area contributed by atoms with Gasteiger partial charge in [-0.25, -0.2) is 0 Å². The number of fused-ring (bicyclic) bond motifs is 1. The van der Waals surface area contributed by atoms with Crippen LogP contribution in [-0.4, -0.2) is 22.3 Å². The molecule has 0 spiro atoms. The fourth-order valence-corrected chi connectivity index (χ4v) is 3.16. The summed E-state index contributed by atoms with van der Waals surface area (Å²) < 4.78 is 8.48. The lowest BCUT2D eigenvalue weighted by atomic mass is 10.1. The summed E-state index contributed by atoms with van der Waals surface area (Å²) in [5.74, 6) is 0. The van der Waals surface area contributed by atoms with Gasteiger partial charge in [0.2, 0.25) is 0 Å². The van der Waals surface area contributed by atoms with Gasteiger partial charge in [-0.05, 0) is 44.1 Å². The number of aromatic nitrogens is 2. The van der Waals surface area contributed by atoms with E-state index in [1.165, 1.54) is 0 Å². The highest BCUT2D eigenvalue weighted by molar-refractivity contribution is 7.71. The van der Waals surface area contributed by atoms with Gasteiger partial charge in [-0.15, -0.1) is 0 Å². The van der Waals surface area contributed by atoms with Crippen LogP contribution in [0.5, 0.6) is 0 Å². The van der Waals surface area contributed by atoms with Gasteiger partial charge in [0.15, 0.2) is 4.77 Å². The fourth-order valence-electron chi connectivity index (χ4n) is 2.80.